The molecule has 2 heterocycles. The molecule has 0 radical (unpaired) electrons. The number of hydrogen-bond acceptors (Lipinski definition) is 4. The van der Waals surface area contributed by atoms with Gasteiger partial charge in [-0.25, -0.2) is 9.37 Å². The Morgan fingerprint density at radius 3 is 3.09 bits per heavy atom. The predicted molar refractivity (Wildman–Crippen MR) is 87.7 cm³/mol. The van der Waals surface area contributed by atoms with Gasteiger partial charge in [0.2, 0.25) is 5.91 Å². The van der Waals surface area contributed by atoms with Gasteiger partial charge in [-0.3, -0.25) is 14.2 Å². The molecule has 0 bridgehead atoms. The maximum absolute atomic E-state index is 13.1. The Bertz CT molecular complexity index is 840. The Labute approximate surface area is 140 Å². The fourth-order valence-electron chi connectivity index (χ4n) is 2.37. The molecular weight excluding hydrogens is 341 g/mol. The fraction of sp³-hybridized carbons (Fsp3) is 0.267. The minimum atomic E-state index is -0.543. The largest absolute Gasteiger partial charge is 0.326 e. The Hall–Kier alpha value is -1.86. The summed E-state index contributed by atoms with van der Waals surface area (Å²) in [4.78, 5) is 28.6. The second kappa shape index (κ2) is 6.33. The van der Waals surface area contributed by atoms with Crippen LogP contribution in [0.3, 0.4) is 0 Å². The van der Waals surface area contributed by atoms with Gasteiger partial charge in [0.05, 0.1) is 11.1 Å². The highest BCUT2D eigenvalue weighted by molar-refractivity contribution is 7.99. The SMILES string of the molecule is Cc1cnc2n(c1=O)C(CC(=O)Nc1ccc(F)c(Cl)c1)CS2. The van der Waals surface area contributed by atoms with Crippen LogP contribution >= 0.6 is 23.4 Å². The second-order valence-electron chi connectivity index (χ2n) is 5.24. The average molecular weight is 354 g/mol. The fourth-order valence-corrected chi connectivity index (χ4v) is 3.66. The lowest BCUT2D eigenvalue weighted by Crippen LogP contribution is -2.28. The van der Waals surface area contributed by atoms with E-state index >= 15 is 0 Å². The molecule has 0 spiro atoms. The third-order valence-electron chi connectivity index (χ3n) is 3.53. The summed E-state index contributed by atoms with van der Waals surface area (Å²) < 4.78 is 14.7. The molecule has 1 aliphatic heterocycles. The monoisotopic (exact) mass is 353 g/mol. The molecule has 1 aliphatic rings. The van der Waals surface area contributed by atoms with Crippen LogP contribution in [0, 0.1) is 12.7 Å². The van der Waals surface area contributed by atoms with Crippen LogP contribution in [0.25, 0.3) is 0 Å². The number of benzene rings is 1. The molecule has 1 aromatic carbocycles. The molecule has 0 fully saturated rings. The maximum Gasteiger partial charge on any atom is 0.257 e. The lowest BCUT2D eigenvalue weighted by Gasteiger charge is -2.13. The summed E-state index contributed by atoms with van der Waals surface area (Å²) in [6.07, 6.45) is 1.68. The van der Waals surface area contributed by atoms with Gasteiger partial charge in [-0.2, -0.15) is 0 Å². The number of carbonyl (C=O) groups is 1. The molecule has 0 aliphatic carbocycles. The van der Waals surface area contributed by atoms with Crippen molar-refractivity contribution in [2.24, 2.45) is 0 Å². The number of carbonyl (C=O) groups excluding carboxylic acids is 1. The zero-order chi connectivity index (χ0) is 16.6. The molecule has 1 atom stereocenters. The standard InChI is InChI=1S/C15H13ClFN3O2S/c1-8-6-18-15-20(14(8)22)10(7-23-15)5-13(21)19-9-2-3-12(17)11(16)4-9/h2-4,6,10H,5,7H2,1H3,(H,19,21). The van der Waals surface area contributed by atoms with Crippen molar-refractivity contribution in [2.45, 2.75) is 24.5 Å². The minimum absolute atomic E-state index is 0.0550. The summed E-state index contributed by atoms with van der Waals surface area (Å²) in [6.45, 7) is 1.70. The van der Waals surface area contributed by atoms with Gasteiger partial charge in [-0.05, 0) is 25.1 Å². The van der Waals surface area contributed by atoms with Crippen molar-refractivity contribution in [2.75, 3.05) is 11.1 Å². The molecule has 1 aromatic heterocycles. The summed E-state index contributed by atoms with van der Waals surface area (Å²) in [7, 11) is 0. The van der Waals surface area contributed by atoms with E-state index < -0.39 is 5.82 Å². The van der Waals surface area contributed by atoms with Gasteiger partial charge in [-0.15, -0.1) is 0 Å². The van der Waals surface area contributed by atoms with Crippen molar-refractivity contribution in [3.8, 4) is 0 Å². The number of fused-ring (bicyclic) bond motifs is 1. The van der Waals surface area contributed by atoms with Crippen molar-refractivity contribution in [3.05, 3.63) is 51.2 Å². The number of aromatic nitrogens is 2. The number of nitrogens with one attached hydrogen (secondary N) is 1. The van der Waals surface area contributed by atoms with E-state index in [-0.39, 0.29) is 29.0 Å². The quantitative estimate of drug-likeness (QED) is 0.861. The Kier molecular flexibility index (Phi) is 4.41. The Balaban J connectivity index is 1.74. The first-order valence-corrected chi connectivity index (χ1v) is 8.28. The molecule has 2 aromatic rings. The summed E-state index contributed by atoms with van der Waals surface area (Å²) in [6, 6.07) is 3.74. The Morgan fingerprint density at radius 1 is 1.57 bits per heavy atom. The van der Waals surface area contributed by atoms with Crippen LogP contribution in [0.15, 0.2) is 34.3 Å². The highest BCUT2D eigenvalue weighted by Crippen LogP contribution is 2.32. The summed E-state index contributed by atoms with van der Waals surface area (Å²) in [5.41, 5.74) is 0.844. The zero-order valence-corrected chi connectivity index (χ0v) is 13.7. The van der Waals surface area contributed by atoms with Crippen LogP contribution in [-0.2, 0) is 4.79 Å². The smallest absolute Gasteiger partial charge is 0.257 e. The van der Waals surface area contributed by atoms with Crippen LogP contribution in [0.4, 0.5) is 10.1 Å². The summed E-state index contributed by atoms with van der Waals surface area (Å²) in [5.74, 6) is -0.193. The van der Waals surface area contributed by atoms with E-state index in [1.165, 1.54) is 30.0 Å². The van der Waals surface area contributed by atoms with Crippen molar-refractivity contribution in [1.29, 1.82) is 0 Å². The number of rotatable bonds is 3. The first-order chi connectivity index (χ1) is 11.0. The number of nitrogens with zero attached hydrogens (tertiary/aromatic N) is 2. The van der Waals surface area contributed by atoms with Crippen LogP contribution in [0.5, 0.6) is 0 Å². The summed E-state index contributed by atoms with van der Waals surface area (Å²) >= 11 is 7.14. The van der Waals surface area contributed by atoms with Crippen molar-refractivity contribution in [3.63, 3.8) is 0 Å². The van der Waals surface area contributed by atoms with E-state index in [0.717, 1.165) is 0 Å². The second-order valence-corrected chi connectivity index (χ2v) is 6.64. The lowest BCUT2D eigenvalue weighted by atomic mass is 10.2. The molecule has 1 unspecified atom stereocenters. The normalized spacial score (nSPS) is 16.2. The summed E-state index contributed by atoms with van der Waals surface area (Å²) in [5, 5.41) is 3.24. The van der Waals surface area contributed by atoms with Crippen LogP contribution in [0.2, 0.25) is 5.02 Å². The van der Waals surface area contributed by atoms with Crippen LogP contribution in [0.1, 0.15) is 18.0 Å². The number of hydrogen-bond donors (Lipinski definition) is 1. The van der Waals surface area contributed by atoms with E-state index in [1.807, 2.05) is 0 Å². The molecule has 0 saturated carbocycles. The predicted octanol–water partition coefficient (Wildman–Crippen LogP) is 3.02. The topological polar surface area (TPSA) is 64.0 Å². The van der Waals surface area contributed by atoms with Gasteiger partial charge in [0.25, 0.3) is 5.56 Å². The first kappa shape index (κ1) is 16.0. The molecule has 1 N–H and O–H groups in total. The highest BCUT2D eigenvalue weighted by Gasteiger charge is 2.27. The molecule has 1 amide bonds. The lowest BCUT2D eigenvalue weighted by molar-refractivity contribution is -0.116. The third-order valence-corrected chi connectivity index (χ3v) is 4.93. The molecule has 0 saturated heterocycles. The number of anilines is 1. The van der Waals surface area contributed by atoms with Gasteiger partial charge < -0.3 is 5.32 Å². The molecule has 3 rings (SSSR count). The highest BCUT2D eigenvalue weighted by atomic mass is 35.5. The molecule has 5 nitrogen and oxygen atoms in total. The van der Waals surface area contributed by atoms with E-state index in [1.54, 1.807) is 17.7 Å². The maximum atomic E-state index is 13.1. The number of thioether (sulfide) groups is 1. The van der Waals surface area contributed by atoms with Gasteiger partial charge >= 0.3 is 0 Å². The van der Waals surface area contributed by atoms with Crippen molar-refractivity contribution in [1.82, 2.24) is 9.55 Å². The van der Waals surface area contributed by atoms with Gasteiger partial charge in [0.1, 0.15) is 5.82 Å². The third kappa shape index (κ3) is 3.25. The van der Waals surface area contributed by atoms with Gasteiger partial charge in [-0.1, -0.05) is 23.4 Å². The van der Waals surface area contributed by atoms with Gasteiger partial charge in [0.15, 0.2) is 5.16 Å². The van der Waals surface area contributed by atoms with E-state index in [2.05, 4.69) is 10.3 Å². The van der Waals surface area contributed by atoms with E-state index in [4.69, 9.17) is 11.6 Å². The van der Waals surface area contributed by atoms with Gasteiger partial charge in [0, 0.05) is 29.6 Å². The molecular formula is C15H13ClFN3O2S. The Morgan fingerprint density at radius 2 is 2.35 bits per heavy atom. The van der Waals surface area contributed by atoms with E-state index in [9.17, 15) is 14.0 Å². The number of aryl methyl sites for hydroxylation is 1. The number of halogens is 2. The molecule has 23 heavy (non-hydrogen) atoms. The number of amides is 1. The zero-order valence-electron chi connectivity index (χ0n) is 12.2. The van der Waals surface area contributed by atoms with E-state index in [0.29, 0.717) is 22.2 Å². The molecule has 8 heteroatoms. The van der Waals surface area contributed by atoms with Crippen LogP contribution < -0.4 is 10.9 Å². The first-order valence-electron chi connectivity index (χ1n) is 6.91. The molecule has 120 valence electrons. The average Bonchev–Trinajstić information content (AvgIpc) is 2.90. The van der Waals surface area contributed by atoms with Crippen molar-refractivity contribution >= 4 is 35.0 Å². The van der Waals surface area contributed by atoms with Crippen LogP contribution in [-0.4, -0.2) is 21.2 Å². The van der Waals surface area contributed by atoms with Crippen molar-refractivity contribution < 1.29 is 9.18 Å². The minimum Gasteiger partial charge on any atom is -0.326 e.